The van der Waals surface area contributed by atoms with Gasteiger partial charge in [0.15, 0.2) is 0 Å². The monoisotopic (exact) mass is 348 g/mol. The zero-order valence-electron chi connectivity index (χ0n) is 14.4. The average Bonchev–Trinajstić information content (AvgIpc) is 3.35. The Morgan fingerprint density at radius 3 is 2.24 bits per heavy atom. The van der Waals surface area contributed by atoms with Crippen molar-refractivity contribution in [3.63, 3.8) is 0 Å². The molecule has 3 atom stereocenters. The minimum Gasteiger partial charge on any atom is -0.391 e. The van der Waals surface area contributed by atoms with E-state index in [1.54, 1.807) is 12.1 Å². The number of nitrogens with one attached hydrogen (secondary N) is 2. The molecule has 2 aliphatic rings. The average molecular weight is 348 g/mol. The summed E-state index contributed by atoms with van der Waals surface area (Å²) in [5, 5.41) is 15.6. The summed E-state index contributed by atoms with van der Waals surface area (Å²) in [4.78, 5) is 24.7. The van der Waals surface area contributed by atoms with Gasteiger partial charge in [-0.3, -0.25) is 9.59 Å². The van der Waals surface area contributed by atoms with Crippen molar-refractivity contribution < 1.29 is 19.1 Å². The van der Waals surface area contributed by atoms with Gasteiger partial charge >= 0.3 is 0 Å². The molecule has 2 saturated carbocycles. The summed E-state index contributed by atoms with van der Waals surface area (Å²) >= 11 is 0. The molecule has 0 heterocycles. The number of carbonyl (C=O) groups excluding carboxylic acids is 2. The third-order valence-electron chi connectivity index (χ3n) is 5.16. The van der Waals surface area contributed by atoms with Crippen molar-refractivity contribution in [2.75, 3.05) is 0 Å². The van der Waals surface area contributed by atoms with Crippen LogP contribution in [0.1, 0.15) is 50.6 Å². The molecule has 25 heavy (non-hydrogen) atoms. The van der Waals surface area contributed by atoms with Crippen LogP contribution in [0.2, 0.25) is 0 Å². The predicted octanol–water partition coefficient (Wildman–Crippen LogP) is 2.06. The van der Waals surface area contributed by atoms with Gasteiger partial charge in [-0.25, -0.2) is 4.39 Å². The zero-order chi connectivity index (χ0) is 18.0. The molecule has 0 bridgehead atoms. The van der Waals surface area contributed by atoms with Crippen LogP contribution in [-0.2, 0) is 9.59 Å². The second-order valence-electron chi connectivity index (χ2n) is 7.23. The molecule has 6 heteroatoms. The lowest BCUT2D eigenvalue weighted by Gasteiger charge is -2.36. The highest BCUT2D eigenvalue weighted by molar-refractivity contribution is 5.90. The third-order valence-corrected chi connectivity index (χ3v) is 5.16. The molecule has 0 aromatic heterocycles. The van der Waals surface area contributed by atoms with Gasteiger partial charge in [-0.05, 0) is 56.2 Å². The van der Waals surface area contributed by atoms with E-state index in [0.717, 1.165) is 37.7 Å². The molecule has 0 spiro atoms. The molecule has 3 N–H and O–H groups in total. The minimum absolute atomic E-state index is 0.0337. The van der Waals surface area contributed by atoms with Gasteiger partial charge in [0.05, 0.1) is 12.1 Å². The van der Waals surface area contributed by atoms with E-state index in [2.05, 4.69) is 10.6 Å². The molecule has 3 unspecified atom stereocenters. The van der Waals surface area contributed by atoms with Crippen molar-refractivity contribution in [1.29, 1.82) is 0 Å². The van der Waals surface area contributed by atoms with E-state index >= 15 is 0 Å². The molecule has 2 fully saturated rings. The number of benzene rings is 1. The van der Waals surface area contributed by atoms with Crippen molar-refractivity contribution in [2.24, 2.45) is 11.8 Å². The Morgan fingerprint density at radius 1 is 1.12 bits per heavy atom. The number of hydrogen-bond donors (Lipinski definition) is 3. The third kappa shape index (κ3) is 4.37. The summed E-state index contributed by atoms with van der Waals surface area (Å²) in [5.74, 6) is -0.633. The van der Waals surface area contributed by atoms with Gasteiger partial charge < -0.3 is 15.7 Å². The van der Waals surface area contributed by atoms with Crippen LogP contribution in [0.3, 0.4) is 0 Å². The van der Waals surface area contributed by atoms with E-state index < -0.39 is 18.1 Å². The zero-order valence-corrected chi connectivity index (χ0v) is 14.4. The van der Waals surface area contributed by atoms with Gasteiger partial charge in [0.1, 0.15) is 11.9 Å². The van der Waals surface area contributed by atoms with Crippen molar-refractivity contribution >= 4 is 11.8 Å². The Bertz CT molecular complexity index is 624. The molecule has 2 amide bonds. The number of carbonyl (C=O) groups is 2. The summed E-state index contributed by atoms with van der Waals surface area (Å²) in [6.45, 7) is 1.49. The summed E-state index contributed by atoms with van der Waals surface area (Å²) < 4.78 is 13.2. The van der Waals surface area contributed by atoms with Crippen molar-refractivity contribution in [3.05, 3.63) is 35.6 Å². The van der Waals surface area contributed by atoms with E-state index in [1.807, 2.05) is 0 Å². The molecular weight excluding hydrogens is 323 g/mol. The van der Waals surface area contributed by atoms with Crippen molar-refractivity contribution in [2.45, 2.75) is 57.2 Å². The summed E-state index contributed by atoms with van der Waals surface area (Å²) in [6.07, 6.45) is 3.78. The van der Waals surface area contributed by atoms with Crippen LogP contribution in [0.15, 0.2) is 24.3 Å². The van der Waals surface area contributed by atoms with E-state index in [0.29, 0.717) is 5.92 Å². The maximum atomic E-state index is 13.2. The fourth-order valence-corrected chi connectivity index (χ4v) is 3.18. The minimum atomic E-state index is -0.988. The van der Waals surface area contributed by atoms with Gasteiger partial charge in [0, 0.05) is 5.92 Å². The van der Waals surface area contributed by atoms with Gasteiger partial charge in [-0.2, -0.15) is 0 Å². The van der Waals surface area contributed by atoms with Crippen molar-refractivity contribution in [3.8, 4) is 0 Å². The lowest BCUT2D eigenvalue weighted by atomic mass is 9.77. The van der Waals surface area contributed by atoms with Crippen LogP contribution in [0.5, 0.6) is 0 Å². The van der Waals surface area contributed by atoms with Crippen LogP contribution >= 0.6 is 0 Å². The second kappa shape index (κ2) is 7.52. The number of aliphatic hydroxyl groups is 1. The Balaban J connectivity index is 1.71. The number of aliphatic hydroxyl groups excluding tert-OH is 1. The summed E-state index contributed by atoms with van der Waals surface area (Å²) in [5.41, 5.74) is 0.845. The van der Waals surface area contributed by atoms with E-state index in [4.69, 9.17) is 0 Å². The Kier molecular flexibility index (Phi) is 5.37. The lowest BCUT2D eigenvalue weighted by molar-refractivity contribution is -0.133. The fraction of sp³-hybridized carbons (Fsp3) is 0.579. The van der Waals surface area contributed by atoms with Gasteiger partial charge in [-0.15, -0.1) is 0 Å². The lowest BCUT2D eigenvalue weighted by Crippen LogP contribution is -2.54. The molecule has 0 radical (unpaired) electrons. The Labute approximate surface area is 147 Å². The first-order valence-electron chi connectivity index (χ1n) is 9.00. The van der Waals surface area contributed by atoms with Gasteiger partial charge in [0.25, 0.3) is 0 Å². The topological polar surface area (TPSA) is 78.4 Å². The molecule has 1 aromatic rings. The molecule has 3 rings (SSSR count). The summed E-state index contributed by atoms with van der Waals surface area (Å²) in [7, 11) is 0. The maximum absolute atomic E-state index is 13.2. The van der Waals surface area contributed by atoms with E-state index in [1.165, 1.54) is 19.1 Å². The van der Waals surface area contributed by atoms with Crippen LogP contribution < -0.4 is 10.6 Å². The molecule has 2 aliphatic carbocycles. The molecule has 0 aliphatic heterocycles. The van der Waals surface area contributed by atoms with Gasteiger partial charge in [-0.1, -0.05) is 18.6 Å². The number of amides is 2. The fourth-order valence-electron chi connectivity index (χ4n) is 3.18. The first-order chi connectivity index (χ1) is 12.0. The predicted molar refractivity (Wildman–Crippen MR) is 91.0 cm³/mol. The van der Waals surface area contributed by atoms with Gasteiger partial charge in [0.2, 0.25) is 11.8 Å². The highest BCUT2D eigenvalue weighted by Crippen LogP contribution is 2.38. The highest BCUT2D eigenvalue weighted by Gasteiger charge is 2.36. The first kappa shape index (κ1) is 17.9. The van der Waals surface area contributed by atoms with E-state index in [9.17, 15) is 19.1 Å². The summed E-state index contributed by atoms with van der Waals surface area (Å²) in [6, 6.07) is 4.91. The Morgan fingerprint density at radius 2 is 1.76 bits per heavy atom. The quantitative estimate of drug-likeness (QED) is 0.706. The molecular formula is C19H25FN2O3. The smallest absolute Gasteiger partial charge is 0.245 e. The maximum Gasteiger partial charge on any atom is 0.245 e. The first-order valence-corrected chi connectivity index (χ1v) is 9.00. The van der Waals surface area contributed by atoms with Crippen LogP contribution in [-0.4, -0.2) is 29.1 Å². The Hall–Kier alpha value is -1.95. The number of halogens is 1. The molecule has 0 saturated heterocycles. The largest absolute Gasteiger partial charge is 0.391 e. The number of rotatable bonds is 7. The number of hydrogen-bond acceptors (Lipinski definition) is 3. The molecule has 1 aromatic carbocycles. The van der Waals surface area contributed by atoms with Crippen LogP contribution in [0.25, 0.3) is 0 Å². The van der Waals surface area contributed by atoms with Crippen LogP contribution in [0, 0.1) is 17.7 Å². The highest BCUT2D eigenvalue weighted by atomic mass is 19.1. The molecule has 5 nitrogen and oxygen atoms in total. The second-order valence-corrected chi connectivity index (χ2v) is 7.23. The normalized spacial score (nSPS) is 20.9. The SMILES string of the molecule is CC(O)C(NC(=O)C1CC1)C(=O)NC(c1ccc(F)cc1)C1CCC1. The van der Waals surface area contributed by atoms with Crippen LogP contribution in [0.4, 0.5) is 4.39 Å². The van der Waals surface area contributed by atoms with Crippen molar-refractivity contribution in [1.82, 2.24) is 10.6 Å². The molecule has 136 valence electrons. The van der Waals surface area contributed by atoms with E-state index in [-0.39, 0.29) is 23.7 Å². The standard InChI is InChI=1S/C19H25FN2O3/c1-11(23)16(21-18(24)14-5-6-14)19(25)22-17(12-3-2-4-12)13-7-9-15(20)10-8-13/h7-12,14,16-17,23H,2-6H2,1H3,(H,21,24)(H,22,25).